The van der Waals surface area contributed by atoms with Gasteiger partial charge in [0, 0.05) is 18.5 Å². The van der Waals surface area contributed by atoms with Crippen molar-refractivity contribution in [2.45, 2.75) is 19.9 Å². The zero-order valence-electron chi connectivity index (χ0n) is 16.4. The summed E-state index contributed by atoms with van der Waals surface area (Å²) in [6, 6.07) is 7.62. The molecule has 0 amide bonds. The average molecular weight is 398 g/mol. The highest BCUT2D eigenvalue weighted by atomic mass is 16.6. The maximum absolute atomic E-state index is 12.0. The smallest absolute Gasteiger partial charge is 0.340 e. The standard InChI is InChI=1S/C20H22N4O5/c1-4-27-19(25)18(20(26)28-5-2)23-14-6-9-17(21-12-14)29-15-7-8-16-13(10-15)11-22-24(16)3/h6-12,18,23H,4-5H2,1-3H3. The minimum Gasteiger partial charge on any atom is -0.464 e. The van der Waals surface area contributed by atoms with Gasteiger partial charge in [-0.25, -0.2) is 14.6 Å². The van der Waals surface area contributed by atoms with Crippen molar-refractivity contribution in [1.29, 1.82) is 0 Å². The van der Waals surface area contributed by atoms with Crippen LogP contribution in [0.25, 0.3) is 10.9 Å². The van der Waals surface area contributed by atoms with Crippen molar-refractivity contribution in [1.82, 2.24) is 14.8 Å². The molecule has 0 radical (unpaired) electrons. The lowest BCUT2D eigenvalue weighted by molar-refractivity contribution is -0.155. The molecule has 0 aliphatic carbocycles. The van der Waals surface area contributed by atoms with Gasteiger partial charge in [0.2, 0.25) is 11.9 Å². The first-order valence-electron chi connectivity index (χ1n) is 9.17. The van der Waals surface area contributed by atoms with Crippen molar-refractivity contribution in [3.63, 3.8) is 0 Å². The van der Waals surface area contributed by atoms with Crippen molar-refractivity contribution < 1.29 is 23.8 Å². The van der Waals surface area contributed by atoms with Gasteiger partial charge in [-0.2, -0.15) is 5.10 Å². The molecule has 0 spiro atoms. The lowest BCUT2D eigenvalue weighted by atomic mass is 10.2. The lowest BCUT2D eigenvalue weighted by Gasteiger charge is -2.16. The van der Waals surface area contributed by atoms with Gasteiger partial charge in [-0.15, -0.1) is 0 Å². The topological polar surface area (TPSA) is 105 Å². The molecule has 0 aliphatic heterocycles. The van der Waals surface area contributed by atoms with E-state index in [4.69, 9.17) is 14.2 Å². The molecule has 1 aromatic carbocycles. The second-order valence-corrected chi connectivity index (χ2v) is 6.06. The predicted molar refractivity (Wildman–Crippen MR) is 106 cm³/mol. The van der Waals surface area contributed by atoms with Crippen molar-refractivity contribution in [2.24, 2.45) is 7.05 Å². The molecule has 0 aliphatic rings. The first kappa shape index (κ1) is 20.1. The molecule has 0 saturated carbocycles. The fourth-order valence-corrected chi connectivity index (χ4v) is 2.68. The van der Waals surface area contributed by atoms with Crippen molar-refractivity contribution in [2.75, 3.05) is 18.5 Å². The number of pyridine rings is 1. The number of nitrogens with one attached hydrogen (secondary N) is 1. The van der Waals surface area contributed by atoms with Gasteiger partial charge in [0.05, 0.1) is 36.8 Å². The number of esters is 2. The number of fused-ring (bicyclic) bond motifs is 1. The Hall–Kier alpha value is -3.62. The molecule has 2 aromatic heterocycles. The van der Waals surface area contributed by atoms with Crippen LogP contribution in [0.15, 0.2) is 42.7 Å². The zero-order chi connectivity index (χ0) is 20.8. The molecular formula is C20H22N4O5. The van der Waals surface area contributed by atoms with Crippen LogP contribution in [0.4, 0.5) is 5.69 Å². The van der Waals surface area contributed by atoms with E-state index in [-0.39, 0.29) is 13.2 Å². The number of carbonyl (C=O) groups excluding carboxylic acids is 2. The Balaban J connectivity index is 1.70. The van der Waals surface area contributed by atoms with Gasteiger partial charge in [0.25, 0.3) is 0 Å². The number of hydrogen-bond donors (Lipinski definition) is 1. The zero-order valence-corrected chi connectivity index (χ0v) is 16.4. The van der Waals surface area contributed by atoms with E-state index in [0.29, 0.717) is 17.3 Å². The Morgan fingerprint density at radius 2 is 1.79 bits per heavy atom. The molecule has 152 valence electrons. The van der Waals surface area contributed by atoms with Gasteiger partial charge in [-0.05, 0) is 38.1 Å². The van der Waals surface area contributed by atoms with Gasteiger partial charge in [0.15, 0.2) is 0 Å². The number of aryl methyl sites for hydroxylation is 1. The number of nitrogens with zero attached hydrogens (tertiary/aromatic N) is 3. The molecule has 3 rings (SSSR count). The first-order chi connectivity index (χ1) is 14.0. The van der Waals surface area contributed by atoms with Crippen LogP contribution >= 0.6 is 0 Å². The summed E-state index contributed by atoms with van der Waals surface area (Å²) < 4.78 is 17.4. The van der Waals surface area contributed by atoms with Crippen molar-refractivity contribution in [3.05, 3.63) is 42.7 Å². The van der Waals surface area contributed by atoms with Crippen molar-refractivity contribution >= 4 is 28.5 Å². The number of ether oxygens (including phenoxy) is 3. The van der Waals surface area contributed by atoms with E-state index in [1.54, 1.807) is 36.9 Å². The Morgan fingerprint density at radius 3 is 2.41 bits per heavy atom. The summed E-state index contributed by atoms with van der Waals surface area (Å²) in [5.41, 5.74) is 1.44. The summed E-state index contributed by atoms with van der Waals surface area (Å²) in [4.78, 5) is 28.3. The minimum absolute atomic E-state index is 0.155. The van der Waals surface area contributed by atoms with Crippen LogP contribution in [0, 0.1) is 0 Å². The number of hydrogen-bond acceptors (Lipinski definition) is 8. The summed E-state index contributed by atoms with van der Waals surface area (Å²) in [6.45, 7) is 3.64. The molecule has 2 heterocycles. The van der Waals surface area contributed by atoms with E-state index in [1.807, 2.05) is 25.2 Å². The van der Waals surface area contributed by atoms with Gasteiger partial charge in [-0.1, -0.05) is 0 Å². The van der Waals surface area contributed by atoms with E-state index >= 15 is 0 Å². The summed E-state index contributed by atoms with van der Waals surface area (Å²) in [6.07, 6.45) is 3.22. The lowest BCUT2D eigenvalue weighted by Crippen LogP contribution is -2.40. The Bertz CT molecular complexity index is 982. The monoisotopic (exact) mass is 398 g/mol. The van der Waals surface area contributed by atoms with Crippen LogP contribution in [-0.2, 0) is 26.1 Å². The van der Waals surface area contributed by atoms with Gasteiger partial charge in [0.1, 0.15) is 5.75 Å². The molecule has 9 nitrogen and oxygen atoms in total. The number of rotatable bonds is 8. The summed E-state index contributed by atoms with van der Waals surface area (Å²) in [5, 5.41) is 7.94. The Labute approximate surface area is 167 Å². The fraction of sp³-hybridized carbons (Fsp3) is 0.300. The predicted octanol–water partition coefficient (Wildman–Crippen LogP) is 2.67. The van der Waals surface area contributed by atoms with Crippen LogP contribution in [0.1, 0.15) is 13.8 Å². The third-order valence-electron chi connectivity index (χ3n) is 4.03. The highest BCUT2D eigenvalue weighted by Gasteiger charge is 2.29. The van der Waals surface area contributed by atoms with Crippen LogP contribution in [-0.4, -0.2) is 46.0 Å². The fourth-order valence-electron chi connectivity index (χ4n) is 2.68. The molecule has 1 N–H and O–H groups in total. The van der Waals surface area contributed by atoms with Crippen LogP contribution in [0.3, 0.4) is 0 Å². The normalized spacial score (nSPS) is 10.8. The quantitative estimate of drug-likeness (QED) is 0.456. The van der Waals surface area contributed by atoms with E-state index in [9.17, 15) is 9.59 Å². The molecular weight excluding hydrogens is 376 g/mol. The molecule has 3 aromatic rings. The largest absolute Gasteiger partial charge is 0.464 e. The molecule has 0 fully saturated rings. The van der Waals surface area contributed by atoms with Gasteiger partial charge in [-0.3, -0.25) is 4.68 Å². The third-order valence-corrected chi connectivity index (χ3v) is 4.03. The number of anilines is 1. The number of carbonyl (C=O) groups is 2. The second-order valence-electron chi connectivity index (χ2n) is 6.06. The van der Waals surface area contributed by atoms with Gasteiger partial charge >= 0.3 is 11.9 Å². The summed E-state index contributed by atoms with van der Waals surface area (Å²) >= 11 is 0. The van der Waals surface area contributed by atoms with Crippen LogP contribution < -0.4 is 10.1 Å². The maximum atomic E-state index is 12.0. The first-order valence-corrected chi connectivity index (χ1v) is 9.17. The molecule has 0 unspecified atom stereocenters. The number of aromatic nitrogens is 3. The van der Waals surface area contributed by atoms with Crippen molar-refractivity contribution in [3.8, 4) is 11.6 Å². The number of benzene rings is 1. The molecule has 0 atom stereocenters. The molecule has 0 saturated heterocycles. The average Bonchev–Trinajstić information content (AvgIpc) is 3.08. The molecule has 29 heavy (non-hydrogen) atoms. The van der Waals surface area contributed by atoms with Crippen LogP contribution in [0.5, 0.6) is 11.6 Å². The van der Waals surface area contributed by atoms with E-state index in [0.717, 1.165) is 10.9 Å². The molecule has 0 bridgehead atoms. The SMILES string of the molecule is CCOC(=O)C(Nc1ccc(Oc2ccc3c(cnn3C)c2)nc1)C(=O)OCC. The van der Waals surface area contributed by atoms with E-state index in [1.165, 1.54) is 6.20 Å². The van der Waals surface area contributed by atoms with Gasteiger partial charge < -0.3 is 19.5 Å². The Kier molecular flexibility index (Phi) is 6.28. The summed E-state index contributed by atoms with van der Waals surface area (Å²) in [7, 11) is 1.87. The summed E-state index contributed by atoms with van der Waals surface area (Å²) in [5.74, 6) is -0.440. The maximum Gasteiger partial charge on any atom is 0.340 e. The minimum atomic E-state index is -1.27. The van der Waals surface area contributed by atoms with E-state index < -0.39 is 18.0 Å². The van der Waals surface area contributed by atoms with Crippen LogP contribution in [0.2, 0.25) is 0 Å². The van der Waals surface area contributed by atoms with E-state index in [2.05, 4.69) is 15.4 Å². The highest BCUT2D eigenvalue weighted by molar-refractivity contribution is 6.02. The Morgan fingerprint density at radius 1 is 1.07 bits per heavy atom. The molecule has 9 heteroatoms. The second kappa shape index (κ2) is 9.05. The third kappa shape index (κ3) is 4.81. The highest BCUT2D eigenvalue weighted by Crippen LogP contribution is 2.25.